The van der Waals surface area contributed by atoms with Gasteiger partial charge in [-0.1, -0.05) is 18.2 Å². The highest BCUT2D eigenvalue weighted by Gasteiger charge is 2.14. The summed E-state index contributed by atoms with van der Waals surface area (Å²) in [5.74, 6) is -1.95. The molecule has 0 unspecified atom stereocenters. The molecule has 2 heterocycles. The van der Waals surface area contributed by atoms with Gasteiger partial charge in [0, 0.05) is 17.6 Å². The summed E-state index contributed by atoms with van der Waals surface area (Å²) in [5, 5.41) is 3.63. The zero-order valence-electron chi connectivity index (χ0n) is 11.2. The number of aromatic nitrogens is 3. The number of nitrogens with one attached hydrogen (secondary N) is 1. The van der Waals surface area contributed by atoms with E-state index in [1.165, 1.54) is 10.9 Å². The van der Waals surface area contributed by atoms with E-state index in [9.17, 15) is 13.6 Å². The predicted octanol–water partition coefficient (Wildman–Crippen LogP) is 3.15. The maximum absolute atomic E-state index is 13.5. The van der Waals surface area contributed by atoms with Crippen molar-refractivity contribution in [3.8, 4) is 5.69 Å². The van der Waals surface area contributed by atoms with Crippen molar-refractivity contribution in [2.24, 2.45) is 0 Å². The van der Waals surface area contributed by atoms with Crippen LogP contribution < -0.4 is 5.56 Å². The summed E-state index contributed by atoms with van der Waals surface area (Å²) in [7, 11) is 0. The molecule has 0 fully saturated rings. The van der Waals surface area contributed by atoms with Crippen LogP contribution in [0.2, 0.25) is 0 Å². The number of halogens is 2. The summed E-state index contributed by atoms with van der Waals surface area (Å²) in [6.45, 7) is 0. The van der Waals surface area contributed by atoms with Crippen LogP contribution in [0.3, 0.4) is 0 Å². The smallest absolute Gasteiger partial charge is 0.280 e. The van der Waals surface area contributed by atoms with Gasteiger partial charge in [-0.3, -0.25) is 14.9 Å². The Kier molecular flexibility index (Phi) is 2.59. The fraction of sp³-hybridized carbons (Fsp3) is 0. The molecule has 0 aliphatic carbocycles. The minimum atomic E-state index is -0.977. The van der Waals surface area contributed by atoms with Crippen molar-refractivity contribution in [3.63, 3.8) is 0 Å². The first-order valence-electron chi connectivity index (χ1n) is 6.59. The normalized spacial score (nSPS) is 11.4. The predicted molar refractivity (Wildman–Crippen MR) is 79.1 cm³/mol. The Labute approximate surface area is 122 Å². The van der Waals surface area contributed by atoms with Crippen molar-refractivity contribution in [2.75, 3.05) is 0 Å². The van der Waals surface area contributed by atoms with E-state index in [2.05, 4.69) is 10.1 Å². The first kappa shape index (κ1) is 12.7. The summed E-state index contributed by atoms with van der Waals surface area (Å²) in [5.41, 5.74) is 1.07. The molecule has 2 aromatic carbocycles. The van der Waals surface area contributed by atoms with Gasteiger partial charge in [0.2, 0.25) is 0 Å². The Morgan fingerprint density at radius 3 is 2.50 bits per heavy atom. The maximum Gasteiger partial charge on any atom is 0.280 e. The molecule has 0 aliphatic heterocycles. The van der Waals surface area contributed by atoms with E-state index in [0.717, 1.165) is 12.1 Å². The average Bonchev–Trinajstić information content (AvgIpc) is 2.87. The molecule has 0 spiro atoms. The van der Waals surface area contributed by atoms with Crippen LogP contribution in [-0.2, 0) is 0 Å². The standard InChI is InChI=1S/C16H9F2N3O/c17-12-6-10-14(7-13(12)18)19-8-11-15(10)20-21(16(11)22)9-4-2-1-3-5-9/h1-8,20H. The lowest BCUT2D eigenvalue weighted by Crippen LogP contribution is -2.13. The number of fused-ring (bicyclic) bond motifs is 3. The van der Waals surface area contributed by atoms with Crippen LogP contribution in [0, 0.1) is 11.6 Å². The highest BCUT2D eigenvalue weighted by atomic mass is 19.2. The first-order chi connectivity index (χ1) is 10.6. The van der Waals surface area contributed by atoms with Crippen molar-refractivity contribution in [1.82, 2.24) is 14.8 Å². The number of hydrogen-bond acceptors (Lipinski definition) is 2. The molecule has 0 bridgehead atoms. The summed E-state index contributed by atoms with van der Waals surface area (Å²) < 4.78 is 28.2. The van der Waals surface area contributed by atoms with E-state index in [1.807, 2.05) is 6.07 Å². The topological polar surface area (TPSA) is 50.7 Å². The lowest BCUT2D eigenvalue weighted by Gasteiger charge is -2.01. The van der Waals surface area contributed by atoms with E-state index >= 15 is 0 Å². The third kappa shape index (κ3) is 1.74. The zero-order valence-corrected chi connectivity index (χ0v) is 11.2. The van der Waals surface area contributed by atoms with Gasteiger partial charge in [-0.2, -0.15) is 0 Å². The van der Waals surface area contributed by atoms with E-state index in [0.29, 0.717) is 22.0 Å². The van der Waals surface area contributed by atoms with E-state index in [4.69, 9.17) is 0 Å². The van der Waals surface area contributed by atoms with Crippen LogP contribution in [0.25, 0.3) is 27.5 Å². The van der Waals surface area contributed by atoms with E-state index < -0.39 is 11.6 Å². The summed E-state index contributed by atoms with van der Waals surface area (Å²) in [6, 6.07) is 11.1. The number of aromatic amines is 1. The third-order valence-electron chi connectivity index (χ3n) is 3.58. The Bertz CT molecular complexity index is 1070. The number of H-pyrrole nitrogens is 1. The van der Waals surface area contributed by atoms with Crippen molar-refractivity contribution in [1.29, 1.82) is 0 Å². The van der Waals surface area contributed by atoms with Crippen LogP contribution in [0.5, 0.6) is 0 Å². The van der Waals surface area contributed by atoms with Gasteiger partial charge in [-0.25, -0.2) is 13.5 Å². The number of nitrogens with zero attached hydrogens (tertiary/aromatic N) is 2. The van der Waals surface area contributed by atoms with E-state index in [1.54, 1.807) is 24.3 Å². The SMILES string of the molecule is O=c1c2cnc3cc(F)c(F)cc3c2[nH]n1-c1ccccc1. The molecule has 0 aliphatic rings. The Balaban J connectivity index is 2.12. The fourth-order valence-corrected chi connectivity index (χ4v) is 2.51. The monoisotopic (exact) mass is 297 g/mol. The van der Waals surface area contributed by atoms with Gasteiger partial charge < -0.3 is 0 Å². The Hall–Kier alpha value is -3.02. The van der Waals surface area contributed by atoms with Gasteiger partial charge in [0.15, 0.2) is 11.6 Å². The Morgan fingerprint density at radius 2 is 1.73 bits per heavy atom. The molecule has 1 N–H and O–H groups in total. The second kappa shape index (κ2) is 4.49. The molecule has 0 saturated heterocycles. The lowest BCUT2D eigenvalue weighted by molar-refractivity contribution is 0.511. The molecule has 4 aromatic rings. The van der Waals surface area contributed by atoms with Crippen molar-refractivity contribution >= 4 is 21.8 Å². The van der Waals surface area contributed by atoms with Crippen LogP contribution in [0.1, 0.15) is 0 Å². The molecule has 4 rings (SSSR count). The van der Waals surface area contributed by atoms with Crippen molar-refractivity contribution in [2.45, 2.75) is 0 Å². The van der Waals surface area contributed by atoms with E-state index in [-0.39, 0.29) is 11.1 Å². The van der Waals surface area contributed by atoms with Crippen molar-refractivity contribution in [3.05, 3.63) is 70.6 Å². The summed E-state index contributed by atoms with van der Waals surface area (Å²) >= 11 is 0. The van der Waals surface area contributed by atoms with Gasteiger partial charge in [0.1, 0.15) is 0 Å². The van der Waals surface area contributed by atoms with Crippen LogP contribution in [0.15, 0.2) is 53.5 Å². The fourth-order valence-electron chi connectivity index (χ4n) is 2.51. The maximum atomic E-state index is 13.5. The average molecular weight is 297 g/mol. The zero-order chi connectivity index (χ0) is 15.3. The molecule has 0 radical (unpaired) electrons. The number of rotatable bonds is 1. The highest BCUT2D eigenvalue weighted by Crippen LogP contribution is 2.23. The quantitative estimate of drug-likeness (QED) is 0.587. The molecule has 0 amide bonds. The third-order valence-corrected chi connectivity index (χ3v) is 3.58. The first-order valence-corrected chi connectivity index (χ1v) is 6.59. The largest absolute Gasteiger partial charge is 0.290 e. The van der Waals surface area contributed by atoms with Gasteiger partial charge in [0.05, 0.1) is 22.1 Å². The second-order valence-electron chi connectivity index (χ2n) is 4.92. The van der Waals surface area contributed by atoms with Crippen LogP contribution in [0.4, 0.5) is 8.78 Å². The molecule has 6 heteroatoms. The highest BCUT2D eigenvalue weighted by molar-refractivity contribution is 6.02. The molecule has 0 atom stereocenters. The van der Waals surface area contributed by atoms with Crippen LogP contribution >= 0.6 is 0 Å². The second-order valence-corrected chi connectivity index (χ2v) is 4.92. The number of para-hydroxylation sites is 1. The number of pyridine rings is 1. The molecule has 22 heavy (non-hydrogen) atoms. The van der Waals surface area contributed by atoms with Gasteiger partial charge in [-0.05, 0) is 18.2 Å². The summed E-state index contributed by atoms with van der Waals surface area (Å²) in [6.07, 6.45) is 1.37. The molecule has 0 saturated carbocycles. The summed E-state index contributed by atoms with van der Waals surface area (Å²) in [4.78, 5) is 16.5. The molecule has 108 valence electrons. The van der Waals surface area contributed by atoms with Gasteiger partial charge in [0.25, 0.3) is 5.56 Å². The number of benzene rings is 2. The van der Waals surface area contributed by atoms with Gasteiger partial charge >= 0.3 is 0 Å². The van der Waals surface area contributed by atoms with Gasteiger partial charge in [-0.15, -0.1) is 0 Å². The molecular formula is C16H9F2N3O. The lowest BCUT2D eigenvalue weighted by atomic mass is 10.1. The number of hydrogen-bond donors (Lipinski definition) is 1. The molecule has 4 nitrogen and oxygen atoms in total. The molecule has 2 aromatic heterocycles. The minimum Gasteiger partial charge on any atom is -0.290 e. The van der Waals surface area contributed by atoms with Crippen molar-refractivity contribution < 1.29 is 8.78 Å². The minimum absolute atomic E-state index is 0.285. The van der Waals surface area contributed by atoms with Crippen LogP contribution in [-0.4, -0.2) is 14.8 Å². The molecular weight excluding hydrogens is 288 g/mol. The Morgan fingerprint density at radius 1 is 1.00 bits per heavy atom.